The molecule has 0 radical (unpaired) electrons. The van der Waals surface area contributed by atoms with Crippen LogP contribution in [0.3, 0.4) is 0 Å². The number of nitrogens with zero attached hydrogens (tertiary/aromatic N) is 6. The average molecular weight is 1400 g/mol. The Hall–Kier alpha value is -8.70. The van der Waals surface area contributed by atoms with Gasteiger partial charge in [-0.15, -0.1) is 0 Å². The third-order valence-corrected chi connectivity index (χ3v) is 20.5. The number of benzene rings is 3. The molecular formula is C78H101ClN12O10. The van der Waals surface area contributed by atoms with Crippen molar-refractivity contribution in [3.05, 3.63) is 165 Å². The molecule has 12 rings (SSSR count). The van der Waals surface area contributed by atoms with Gasteiger partial charge in [0.2, 0.25) is 17.7 Å². The number of hydrogen-bond acceptors (Lipinski definition) is 17. The molecular weight excluding hydrogens is 1300 g/mol. The molecule has 6 aliphatic rings. The lowest BCUT2D eigenvalue weighted by molar-refractivity contribution is -0.145. The minimum Gasteiger partial charge on any atom is -0.497 e. The first-order valence-electron chi connectivity index (χ1n) is 36.3. The lowest BCUT2D eigenvalue weighted by Gasteiger charge is -2.36. The average Bonchev–Trinajstić information content (AvgIpc) is 0.830. The summed E-state index contributed by atoms with van der Waals surface area (Å²) < 4.78 is 10.6. The van der Waals surface area contributed by atoms with Crippen molar-refractivity contribution in [1.29, 1.82) is 0 Å². The van der Waals surface area contributed by atoms with Gasteiger partial charge in [0, 0.05) is 111 Å². The van der Waals surface area contributed by atoms with Gasteiger partial charge in [-0.25, -0.2) is 15.0 Å². The molecule has 22 nitrogen and oxygen atoms in total. The number of para-hydroxylation sites is 1. The number of hydrogen-bond donors (Lipinski definition) is 8. The Bertz CT molecular complexity index is 3740. The number of carboxylic acid groups (broad SMARTS) is 2. The smallest absolute Gasteiger partial charge is 0.325 e. The standard InChI is InChI=1S/C26H33ClN4O2.2C26H34N4O4/c1-18(32)24(19-6-9-22(27)10-7-19)31-16-12-21(13-17-31)26(33)29-15-3-5-23-11-8-20-4-2-14-28-25(20)30-23;1-34-22-8-2-5-20(17-22)23(26(32)33)30-15-11-19(12-16-30)25(31)28-14-4-7-21-10-9-18-6-3-13-27-24(18)29-21;1-34-22-9-3-2-8-21(22)23(26(32)33)30-16-12-19(13-17-30)25(31)28-15-5-7-20-11-10-18-6-4-14-27-24(18)29-20/h6-11,21,24H,2-5,12-17H2,1H3,(H,28,30)(H,29,33);2,5,8-10,17,19,23H,3-4,6-7,11-16H2,1H3,(H,27,29)(H,28,31)(H,32,33);2-3,8-11,19,23H,4-7,12-17H2,1H3,(H,27,29)(H,28,31)(H,32,33). The van der Waals surface area contributed by atoms with Crippen molar-refractivity contribution in [1.82, 2.24) is 45.6 Å². The maximum atomic E-state index is 12.7. The Morgan fingerprint density at radius 2 is 0.901 bits per heavy atom. The Morgan fingerprint density at radius 1 is 0.495 bits per heavy atom. The highest BCUT2D eigenvalue weighted by molar-refractivity contribution is 6.30. The lowest BCUT2D eigenvalue weighted by atomic mass is 9.92. The van der Waals surface area contributed by atoms with E-state index in [9.17, 15) is 39.0 Å². The van der Waals surface area contributed by atoms with E-state index in [2.05, 4.69) is 73.2 Å². The fraction of sp³-hybridized carbons (Fsp3) is 0.500. The van der Waals surface area contributed by atoms with Gasteiger partial charge in [0.05, 0.1) is 20.3 Å². The number of amides is 3. The van der Waals surface area contributed by atoms with Crippen LogP contribution < -0.4 is 41.4 Å². The van der Waals surface area contributed by atoms with Crippen LogP contribution >= 0.6 is 11.6 Å². The van der Waals surface area contributed by atoms with Crippen LogP contribution in [0.1, 0.15) is 153 Å². The minimum atomic E-state index is -0.904. The first-order valence-corrected chi connectivity index (χ1v) is 36.7. The van der Waals surface area contributed by atoms with Gasteiger partial charge in [-0.2, -0.15) is 0 Å². The highest BCUT2D eigenvalue weighted by Crippen LogP contribution is 2.35. The number of halogens is 1. The van der Waals surface area contributed by atoms with Gasteiger partial charge in [0.15, 0.2) is 5.78 Å². The van der Waals surface area contributed by atoms with Crippen molar-refractivity contribution in [2.75, 3.05) is 109 Å². The van der Waals surface area contributed by atoms with Crippen LogP contribution in [0, 0.1) is 17.8 Å². The van der Waals surface area contributed by atoms with Gasteiger partial charge in [-0.3, -0.25) is 43.5 Å². The third-order valence-electron chi connectivity index (χ3n) is 20.3. The maximum Gasteiger partial charge on any atom is 0.325 e. The second-order valence-corrected chi connectivity index (χ2v) is 27.6. The van der Waals surface area contributed by atoms with Gasteiger partial charge in [-0.1, -0.05) is 72.3 Å². The van der Waals surface area contributed by atoms with Gasteiger partial charge in [0.25, 0.3) is 0 Å². The van der Waals surface area contributed by atoms with Gasteiger partial charge < -0.3 is 51.6 Å². The van der Waals surface area contributed by atoms with E-state index in [4.69, 9.17) is 36.0 Å². The normalized spacial score (nSPS) is 17.4. The summed E-state index contributed by atoms with van der Waals surface area (Å²) in [6.07, 6.45) is 15.9. The van der Waals surface area contributed by atoms with Crippen LogP contribution in [0.2, 0.25) is 5.02 Å². The second kappa shape index (κ2) is 37.8. The number of aliphatic carboxylic acids is 2. The number of fused-ring (bicyclic) bond motifs is 3. The summed E-state index contributed by atoms with van der Waals surface area (Å²) >= 11 is 6.00. The van der Waals surface area contributed by atoms with Crippen molar-refractivity contribution in [2.24, 2.45) is 17.8 Å². The summed E-state index contributed by atoms with van der Waals surface area (Å²) in [5.41, 5.74) is 9.33. The molecule has 6 aliphatic heterocycles. The molecule has 0 aliphatic carbocycles. The zero-order chi connectivity index (χ0) is 71.0. The van der Waals surface area contributed by atoms with Gasteiger partial charge in [-0.05, 0) is 212 Å². The number of carbonyl (C=O) groups excluding carboxylic acids is 4. The number of piperidine rings is 3. The van der Waals surface area contributed by atoms with E-state index in [1.165, 1.54) is 16.7 Å². The highest BCUT2D eigenvalue weighted by Gasteiger charge is 2.37. The molecule has 3 atom stereocenters. The molecule has 23 heteroatoms. The summed E-state index contributed by atoms with van der Waals surface area (Å²) in [6, 6.07) is 32.9. The minimum absolute atomic E-state index is 0.00476. The number of carbonyl (C=O) groups is 6. The number of Topliss-reactive ketones (excluding diaryl/α,β-unsaturated/α-hetero) is 1. The predicted octanol–water partition coefficient (Wildman–Crippen LogP) is 10.3. The lowest BCUT2D eigenvalue weighted by Crippen LogP contribution is -2.44. The molecule has 3 unspecified atom stereocenters. The zero-order valence-corrected chi connectivity index (χ0v) is 59.5. The van der Waals surface area contributed by atoms with E-state index < -0.39 is 24.0 Å². The second-order valence-electron chi connectivity index (χ2n) is 27.2. The molecule has 3 amide bonds. The molecule has 6 aromatic rings. The number of aromatic nitrogens is 3. The first kappa shape index (κ1) is 75.0. The van der Waals surface area contributed by atoms with Crippen LogP contribution in [0.5, 0.6) is 11.5 Å². The van der Waals surface area contributed by atoms with E-state index in [0.29, 0.717) is 99.1 Å². The number of methoxy groups -OCH3 is 2. The van der Waals surface area contributed by atoms with Crippen LogP contribution in [0.4, 0.5) is 17.5 Å². The fourth-order valence-electron chi connectivity index (χ4n) is 14.7. The van der Waals surface area contributed by atoms with Crippen molar-refractivity contribution in [2.45, 2.75) is 141 Å². The molecule has 540 valence electrons. The van der Waals surface area contributed by atoms with Crippen molar-refractivity contribution in [3.63, 3.8) is 0 Å². The zero-order valence-electron chi connectivity index (χ0n) is 58.8. The predicted molar refractivity (Wildman–Crippen MR) is 392 cm³/mol. The number of carboxylic acids is 2. The highest BCUT2D eigenvalue weighted by atomic mass is 35.5. The molecule has 3 saturated heterocycles. The van der Waals surface area contributed by atoms with E-state index in [1.807, 2.05) is 52.3 Å². The summed E-state index contributed by atoms with van der Waals surface area (Å²) in [5.74, 6) is 2.65. The molecule has 0 saturated carbocycles. The summed E-state index contributed by atoms with van der Waals surface area (Å²) in [6.45, 7) is 10.2. The maximum absolute atomic E-state index is 12.7. The monoisotopic (exact) mass is 1400 g/mol. The molecule has 0 bridgehead atoms. The largest absolute Gasteiger partial charge is 0.497 e. The van der Waals surface area contributed by atoms with Crippen LogP contribution in [0.25, 0.3) is 0 Å². The number of nitrogens with one attached hydrogen (secondary N) is 6. The summed E-state index contributed by atoms with van der Waals surface area (Å²) in [4.78, 5) is 94.7. The molecule has 3 aromatic carbocycles. The molecule has 8 N–H and O–H groups in total. The number of anilines is 3. The molecule has 3 fully saturated rings. The number of aryl methyl sites for hydroxylation is 6. The molecule has 9 heterocycles. The number of likely N-dealkylation sites (tertiary alicyclic amines) is 3. The topological polar surface area (TPSA) is 282 Å². The Balaban J connectivity index is 0.000000163. The van der Waals surface area contributed by atoms with Crippen molar-refractivity contribution in [3.8, 4) is 11.5 Å². The van der Waals surface area contributed by atoms with Crippen LogP contribution in [-0.2, 0) is 67.3 Å². The van der Waals surface area contributed by atoms with E-state index in [1.54, 1.807) is 51.5 Å². The van der Waals surface area contributed by atoms with Crippen molar-refractivity contribution >= 4 is 64.5 Å². The Labute approximate surface area is 598 Å². The van der Waals surface area contributed by atoms with Crippen LogP contribution in [0.15, 0.2) is 109 Å². The summed E-state index contributed by atoms with van der Waals surface area (Å²) in [7, 11) is 3.12. The quantitative estimate of drug-likeness (QED) is 0.0234. The van der Waals surface area contributed by atoms with E-state index >= 15 is 0 Å². The van der Waals surface area contributed by atoms with Gasteiger partial charge in [0.1, 0.15) is 41.0 Å². The van der Waals surface area contributed by atoms with E-state index in [-0.39, 0.29) is 47.3 Å². The fourth-order valence-corrected chi connectivity index (χ4v) is 14.8. The number of ether oxygens (including phenoxy) is 2. The van der Waals surface area contributed by atoms with E-state index in [0.717, 1.165) is 163 Å². The van der Waals surface area contributed by atoms with Gasteiger partial charge >= 0.3 is 11.9 Å². The SMILES string of the molecule is CC(=O)C(c1ccc(Cl)cc1)N1CCC(C(=O)NCCCc2ccc3c(n2)NCCC3)CC1.COc1cccc(C(C(=O)O)N2CCC(C(=O)NCCCc3ccc4c(n3)NCCC4)CC2)c1.COc1ccccc1C(C(=O)O)N1CCC(C(=O)NCCCc2ccc3c(n2)NCCC3)CC1. The molecule has 101 heavy (non-hydrogen) atoms. The van der Waals surface area contributed by atoms with Crippen LogP contribution in [-0.4, -0.2) is 168 Å². The summed E-state index contributed by atoms with van der Waals surface area (Å²) in [5, 5.41) is 39.7. The third kappa shape index (κ3) is 21.2. The number of pyridine rings is 3. The first-order chi connectivity index (χ1) is 49.1. The number of ketones is 1. The molecule has 0 spiro atoms. The Kier molecular flexibility index (Phi) is 28.1. The Morgan fingerprint density at radius 3 is 1.30 bits per heavy atom. The number of rotatable bonds is 26. The van der Waals surface area contributed by atoms with Crippen molar-refractivity contribution < 1.29 is 48.5 Å². The molecule has 3 aromatic heterocycles.